The minimum atomic E-state index is -0.00166. The number of aromatic nitrogens is 1. The Morgan fingerprint density at radius 1 is 0.488 bits per heavy atom. The van der Waals surface area contributed by atoms with Crippen LogP contribution in [0.5, 0.6) is 0 Å². The molecule has 0 atom stereocenters. The summed E-state index contributed by atoms with van der Waals surface area (Å²) < 4.78 is 5.07. The van der Waals surface area contributed by atoms with Crippen LogP contribution in [0.2, 0.25) is 0 Å². The van der Waals surface area contributed by atoms with E-state index in [4.69, 9.17) is 0 Å². The minimum absolute atomic E-state index is 0.00166. The fraction of sp³-hybridized carbons (Fsp3) is 0.0769. The number of para-hydroxylation sites is 2. The summed E-state index contributed by atoms with van der Waals surface area (Å²) in [5.74, 6) is 0. The zero-order chi connectivity index (χ0) is 27.3. The van der Waals surface area contributed by atoms with E-state index in [1.807, 2.05) is 11.3 Å². The van der Waals surface area contributed by atoms with Crippen molar-refractivity contribution in [3.63, 3.8) is 0 Å². The van der Waals surface area contributed by atoms with Gasteiger partial charge < -0.3 is 4.57 Å². The highest BCUT2D eigenvalue weighted by Gasteiger charge is 2.35. The molecule has 1 aliphatic rings. The number of hydrogen-bond acceptors (Lipinski definition) is 1. The van der Waals surface area contributed by atoms with Crippen LogP contribution in [0.25, 0.3) is 69.9 Å². The van der Waals surface area contributed by atoms with Gasteiger partial charge in [0.1, 0.15) is 0 Å². The third-order valence-corrected chi connectivity index (χ3v) is 10.4. The Morgan fingerprint density at radius 2 is 1.07 bits per heavy atom. The highest BCUT2D eigenvalue weighted by molar-refractivity contribution is 7.25. The standard InChI is InChI=1S/C39H27NS/c1-39(2)33-12-6-3-9-27(33)28-18-15-25(22-34(28)39)24-16-19-37-31(21-24)32-23-26(17-20-38(32)41-37)40-35-13-7-4-10-29(35)30-11-5-8-14-36(30)40/h3-23H,1-2H3. The lowest BCUT2D eigenvalue weighted by Gasteiger charge is -2.22. The molecule has 194 valence electrons. The lowest BCUT2D eigenvalue weighted by molar-refractivity contribution is 0.660. The summed E-state index contributed by atoms with van der Waals surface area (Å²) in [5.41, 5.74) is 11.8. The van der Waals surface area contributed by atoms with Crippen molar-refractivity contribution in [2.75, 3.05) is 0 Å². The number of benzene rings is 6. The summed E-state index contributed by atoms with van der Waals surface area (Å²) in [6.07, 6.45) is 0. The maximum Gasteiger partial charge on any atom is 0.0541 e. The summed E-state index contributed by atoms with van der Waals surface area (Å²) in [7, 11) is 0. The highest BCUT2D eigenvalue weighted by atomic mass is 32.1. The fourth-order valence-electron chi connectivity index (χ4n) is 7.17. The number of hydrogen-bond donors (Lipinski definition) is 0. The Kier molecular flexibility index (Phi) is 4.61. The first-order chi connectivity index (χ1) is 20.1. The average Bonchev–Trinajstić information content (AvgIpc) is 3.62. The van der Waals surface area contributed by atoms with Crippen molar-refractivity contribution in [3.8, 4) is 27.9 Å². The molecule has 9 rings (SSSR count). The molecule has 6 aromatic carbocycles. The molecule has 1 aliphatic carbocycles. The van der Waals surface area contributed by atoms with Crippen LogP contribution in [0.4, 0.5) is 0 Å². The van der Waals surface area contributed by atoms with Crippen molar-refractivity contribution in [2.24, 2.45) is 0 Å². The van der Waals surface area contributed by atoms with E-state index in [1.54, 1.807) is 0 Å². The Balaban J connectivity index is 1.22. The molecule has 0 fully saturated rings. The van der Waals surface area contributed by atoms with Gasteiger partial charge in [0.15, 0.2) is 0 Å². The molecule has 0 bridgehead atoms. The predicted molar refractivity (Wildman–Crippen MR) is 177 cm³/mol. The van der Waals surface area contributed by atoms with Crippen LogP contribution in [0, 0.1) is 0 Å². The van der Waals surface area contributed by atoms with Gasteiger partial charge in [0.2, 0.25) is 0 Å². The lowest BCUT2D eigenvalue weighted by Crippen LogP contribution is -2.14. The first kappa shape index (κ1) is 23.1. The molecule has 0 N–H and O–H groups in total. The van der Waals surface area contributed by atoms with E-state index >= 15 is 0 Å². The quantitative estimate of drug-likeness (QED) is 0.205. The van der Waals surface area contributed by atoms with Gasteiger partial charge in [-0.15, -0.1) is 11.3 Å². The summed E-state index contributed by atoms with van der Waals surface area (Å²) in [5, 5.41) is 5.23. The summed E-state index contributed by atoms with van der Waals surface area (Å²) in [6, 6.07) is 47.4. The van der Waals surface area contributed by atoms with Crippen molar-refractivity contribution < 1.29 is 0 Å². The van der Waals surface area contributed by atoms with E-state index in [-0.39, 0.29) is 5.41 Å². The topological polar surface area (TPSA) is 4.93 Å². The van der Waals surface area contributed by atoms with E-state index in [1.165, 1.54) is 81.0 Å². The van der Waals surface area contributed by atoms with E-state index in [9.17, 15) is 0 Å². The van der Waals surface area contributed by atoms with Crippen LogP contribution in [0.15, 0.2) is 127 Å². The Bertz CT molecular complexity index is 2290. The van der Waals surface area contributed by atoms with E-state index in [2.05, 4.69) is 146 Å². The van der Waals surface area contributed by atoms with Crippen molar-refractivity contribution >= 4 is 53.3 Å². The first-order valence-electron chi connectivity index (χ1n) is 14.3. The third-order valence-electron chi connectivity index (χ3n) is 9.21. The predicted octanol–water partition coefficient (Wildman–Crippen LogP) is 11.1. The Labute approximate surface area is 242 Å². The second kappa shape index (κ2) is 8.19. The minimum Gasteiger partial charge on any atom is -0.309 e. The fourth-order valence-corrected chi connectivity index (χ4v) is 8.24. The van der Waals surface area contributed by atoms with E-state index < -0.39 is 0 Å². The normalized spacial score (nSPS) is 13.8. The van der Waals surface area contributed by atoms with Gasteiger partial charge in [-0.1, -0.05) is 92.7 Å². The van der Waals surface area contributed by atoms with Crippen LogP contribution in [-0.4, -0.2) is 4.57 Å². The molecule has 0 amide bonds. The lowest BCUT2D eigenvalue weighted by atomic mass is 9.81. The molecule has 0 aliphatic heterocycles. The third kappa shape index (κ3) is 3.17. The molecule has 2 heterocycles. The van der Waals surface area contributed by atoms with Crippen molar-refractivity contribution in [1.29, 1.82) is 0 Å². The molecule has 8 aromatic rings. The van der Waals surface area contributed by atoms with Gasteiger partial charge in [-0.25, -0.2) is 0 Å². The van der Waals surface area contributed by atoms with Gasteiger partial charge in [-0.3, -0.25) is 0 Å². The smallest absolute Gasteiger partial charge is 0.0541 e. The molecule has 0 unspecified atom stereocenters. The molecule has 41 heavy (non-hydrogen) atoms. The van der Waals surface area contributed by atoms with Crippen molar-refractivity contribution in [3.05, 3.63) is 139 Å². The second-order valence-corrected chi connectivity index (χ2v) is 12.9. The summed E-state index contributed by atoms with van der Waals surface area (Å²) >= 11 is 1.88. The molecule has 2 heteroatoms. The van der Waals surface area contributed by atoms with Gasteiger partial charge in [0.25, 0.3) is 0 Å². The highest BCUT2D eigenvalue weighted by Crippen LogP contribution is 2.49. The maximum absolute atomic E-state index is 2.43. The van der Waals surface area contributed by atoms with Crippen LogP contribution < -0.4 is 0 Å². The number of thiophene rings is 1. The second-order valence-electron chi connectivity index (χ2n) is 11.8. The number of fused-ring (bicyclic) bond motifs is 9. The van der Waals surface area contributed by atoms with Crippen LogP contribution in [0.1, 0.15) is 25.0 Å². The Morgan fingerprint density at radius 3 is 1.85 bits per heavy atom. The molecule has 0 saturated heterocycles. The average molecular weight is 542 g/mol. The Hall–Kier alpha value is -4.66. The van der Waals surface area contributed by atoms with Crippen LogP contribution in [0.3, 0.4) is 0 Å². The zero-order valence-electron chi connectivity index (χ0n) is 23.0. The molecule has 0 spiro atoms. The van der Waals surface area contributed by atoms with Crippen LogP contribution in [-0.2, 0) is 5.41 Å². The first-order valence-corrected chi connectivity index (χ1v) is 15.1. The van der Waals surface area contributed by atoms with E-state index in [0.717, 1.165) is 0 Å². The number of rotatable bonds is 2. The molecule has 2 aromatic heterocycles. The molecule has 0 saturated carbocycles. The van der Waals surface area contributed by atoms with Gasteiger partial charge in [0.05, 0.1) is 11.0 Å². The zero-order valence-corrected chi connectivity index (χ0v) is 23.8. The maximum atomic E-state index is 2.43. The molecular formula is C39H27NS. The van der Waals surface area contributed by atoms with Crippen molar-refractivity contribution in [1.82, 2.24) is 4.57 Å². The molecular weight excluding hydrogens is 515 g/mol. The summed E-state index contributed by atoms with van der Waals surface area (Å²) in [6.45, 7) is 4.71. The van der Waals surface area contributed by atoms with E-state index in [0.29, 0.717) is 0 Å². The summed E-state index contributed by atoms with van der Waals surface area (Å²) in [4.78, 5) is 0. The van der Waals surface area contributed by atoms with Crippen molar-refractivity contribution in [2.45, 2.75) is 19.3 Å². The molecule has 1 nitrogen and oxygen atoms in total. The molecule has 0 radical (unpaired) electrons. The van der Waals surface area contributed by atoms with Crippen LogP contribution >= 0.6 is 11.3 Å². The largest absolute Gasteiger partial charge is 0.309 e. The number of nitrogens with zero attached hydrogens (tertiary/aromatic N) is 1. The van der Waals surface area contributed by atoms with Gasteiger partial charge >= 0.3 is 0 Å². The SMILES string of the molecule is CC1(C)c2ccccc2-c2ccc(-c3ccc4sc5ccc(-n6c7ccccc7c7ccccc76)cc5c4c3)cc21. The van der Waals surface area contributed by atoms with Gasteiger partial charge in [-0.05, 0) is 81.9 Å². The monoisotopic (exact) mass is 541 g/mol. The van der Waals surface area contributed by atoms with Gasteiger partial charge in [-0.2, -0.15) is 0 Å². The van der Waals surface area contributed by atoms with Gasteiger partial charge in [0, 0.05) is 42.0 Å².